The number of benzene rings is 1. The van der Waals surface area contributed by atoms with Crippen molar-refractivity contribution in [1.82, 2.24) is 4.98 Å². The molecule has 0 aliphatic carbocycles. The van der Waals surface area contributed by atoms with E-state index in [1.807, 2.05) is 13.8 Å². The molecule has 1 aliphatic rings. The van der Waals surface area contributed by atoms with Crippen molar-refractivity contribution < 1.29 is 19.4 Å². The summed E-state index contributed by atoms with van der Waals surface area (Å²) >= 11 is 0. The van der Waals surface area contributed by atoms with Crippen LogP contribution in [0.15, 0.2) is 35.7 Å². The molecule has 28 heavy (non-hydrogen) atoms. The number of aliphatic carboxylic acids is 1. The lowest BCUT2D eigenvalue weighted by Crippen LogP contribution is -2.25. The second kappa shape index (κ2) is 7.61. The number of methoxy groups -OCH3 is 1. The molecule has 1 aromatic heterocycles. The van der Waals surface area contributed by atoms with Crippen LogP contribution in [0.4, 0.5) is 5.69 Å². The van der Waals surface area contributed by atoms with Crippen LogP contribution in [0.3, 0.4) is 0 Å². The van der Waals surface area contributed by atoms with E-state index in [2.05, 4.69) is 16.4 Å². The van der Waals surface area contributed by atoms with E-state index < -0.39 is 11.9 Å². The van der Waals surface area contributed by atoms with Gasteiger partial charge in [-0.15, -0.1) is 0 Å². The zero-order valence-electron chi connectivity index (χ0n) is 16.2. The van der Waals surface area contributed by atoms with Gasteiger partial charge in [-0.3, -0.25) is 0 Å². The molecule has 3 rings (SSSR count). The topological polar surface area (TPSA) is 104 Å². The number of nitriles is 1. The Bertz CT molecular complexity index is 1020. The van der Waals surface area contributed by atoms with E-state index in [0.717, 1.165) is 11.3 Å². The molecule has 0 saturated heterocycles. The molecule has 144 valence electrons. The van der Waals surface area contributed by atoms with Gasteiger partial charge in [0.2, 0.25) is 5.88 Å². The van der Waals surface area contributed by atoms with Gasteiger partial charge < -0.3 is 19.9 Å². The summed E-state index contributed by atoms with van der Waals surface area (Å²) in [6.07, 6.45) is 1.70. The minimum absolute atomic E-state index is 0.184. The summed E-state index contributed by atoms with van der Waals surface area (Å²) in [5, 5.41) is 22.4. The number of aryl methyl sites for hydroxylation is 1. The lowest BCUT2D eigenvalue weighted by Gasteiger charge is -2.32. The van der Waals surface area contributed by atoms with Gasteiger partial charge in [-0.05, 0) is 38.5 Å². The standard InChI is InChI=1S/C21H21N3O4/c1-5-28-20-18-17(14-7-6-13(9-22)8-15(14)27-4)16(21(25)26)12(3)24-19(18)11(2)10-23-20/h6-8,10,17,24H,5H2,1-4H3,(H,25,26)/i3+1,12+1,16+1,21+1. The molecule has 0 radical (unpaired) electrons. The predicted octanol–water partition coefficient (Wildman–Crippen LogP) is 3.59. The smallest absolute Gasteiger partial charge is 0.334 e. The fourth-order valence-electron chi connectivity index (χ4n) is 3.52. The third kappa shape index (κ3) is 3.14. The van der Waals surface area contributed by atoms with Gasteiger partial charge in [0.25, 0.3) is 0 Å². The second-order valence-electron chi connectivity index (χ2n) is 6.44. The Morgan fingerprint density at radius 1 is 1.39 bits per heavy atom. The van der Waals surface area contributed by atoms with E-state index in [0.29, 0.717) is 40.6 Å². The molecule has 2 aromatic rings. The highest BCUT2D eigenvalue weighted by Crippen LogP contribution is 2.48. The van der Waals surface area contributed by atoms with Crippen molar-refractivity contribution in [1.29, 1.82) is 5.26 Å². The summed E-state index contributed by atoms with van der Waals surface area (Å²) in [5.74, 6) is -0.896. The molecule has 0 spiro atoms. The van der Waals surface area contributed by atoms with Crippen LogP contribution in [-0.2, 0) is 4.79 Å². The number of carboxylic acid groups (broad SMARTS) is 1. The number of ether oxygens (including phenoxy) is 2. The van der Waals surface area contributed by atoms with Gasteiger partial charge in [-0.25, -0.2) is 9.78 Å². The maximum absolute atomic E-state index is 12.2. The summed E-state index contributed by atoms with van der Waals surface area (Å²) in [4.78, 5) is 16.6. The molecule has 0 amide bonds. The molecule has 2 N–H and O–H groups in total. The van der Waals surface area contributed by atoms with Crippen LogP contribution < -0.4 is 14.8 Å². The van der Waals surface area contributed by atoms with Crippen molar-refractivity contribution >= 4 is 11.7 Å². The maximum atomic E-state index is 12.2. The van der Waals surface area contributed by atoms with Gasteiger partial charge in [0, 0.05) is 17.5 Å². The molecular formula is C21H21N3O4. The Hall–Kier alpha value is -3.53. The third-order valence-corrected chi connectivity index (χ3v) is 4.75. The average molecular weight is 383 g/mol. The van der Waals surface area contributed by atoms with Crippen LogP contribution >= 0.6 is 0 Å². The number of rotatable bonds is 5. The van der Waals surface area contributed by atoms with Crippen LogP contribution in [0.5, 0.6) is 11.6 Å². The molecule has 1 aliphatic heterocycles. The van der Waals surface area contributed by atoms with Gasteiger partial charge in [0.15, 0.2) is 0 Å². The van der Waals surface area contributed by atoms with Crippen molar-refractivity contribution in [3.63, 3.8) is 0 Å². The average Bonchev–Trinajstić information content (AvgIpc) is 2.68. The Balaban J connectivity index is 2.37. The number of nitrogens with one attached hydrogen (secondary N) is 1. The van der Waals surface area contributed by atoms with Crippen molar-refractivity contribution in [3.05, 3.63) is 57.9 Å². The number of fused-ring (bicyclic) bond motifs is 1. The minimum Gasteiger partial charge on any atom is -0.496 e. The van der Waals surface area contributed by atoms with E-state index in [9.17, 15) is 15.2 Å². The number of pyridine rings is 1. The van der Waals surface area contributed by atoms with Gasteiger partial charge in [0.1, 0.15) is 5.75 Å². The van der Waals surface area contributed by atoms with Crippen LogP contribution in [0.2, 0.25) is 0 Å². The molecule has 0 fully saturated rings. The third-order valence-electron chi connectivity index (χ3n) is 4.75. The predicted molar refractivity (Wildman–Crippen MR) is 104 cm³/mol. The fraction of sp³-hybridized carbons (Fsp3) is 0.286. The fourth-order valence-corrected chi connectivity index (χ4v) is 3.52. The van der Waals surface area contributed by atoms with Gasteiger partial charge in [-0.2, -0.15) is 5.26 Å². The van der Waals surface area contributed by atoms with E-state index >= 15 is 0 Å². The lowest BCUT2D eigenvalue weighted by atomic mass is 9.91. The summed E-state index contributed by atoms with van der Waals surface area (Å²) in [6, 6.07) is 7.06. The molecule has 1 atom stereocenters. The molecule has 7 heteroatoms. The molecule has 1 unspecified atom stereocenters. The quantitative estimate of drug-likeness (QED) is 0.760. The largest absolute Gasteiger partial charge is 0.496 e. The van der Waals surface area contributed by atoms with E-state index in [1.54, 1.807) is 31.3 Å². The number of anilines is 1. The summed E-state index contributed by atoms with van der Waals surface area (Å²) in [6.45, 7) is 5.88. The first-order chi connectivity index (χ1) is 13.4. The van der Waals surface area contributed by atoms with Crippen molar-refractivity contribution in [2.75, 3.05) is 19.0 Å². The number of carbonyl (C=O) groups is 1. The summed E-state index contributed by atoms with van der Waals surface area (Å²) in [7, 11) is 1.50. The Morgan fingerprint density at radius 2 is 2.14 bits per heavy atom. The second-order valence-corrected chi connectivity index (χ2v) is 6.44. The molecule has 0 saturated carbocycles. The highest BCUT2D eigenvalue weighted by molar-refractivity contribution is 5.94. The number of carboxylic acids is 1. The SMILES string of the molecule is CCOc1ncc(C)c2c1C(c1ccc(C#N)cc1OC)[13C]([13C](=O)O)=[13C]([13CH3])N2. The first-order valence-electron chi connectivity index (χ1n) is 8.84. The minimum atomic E-state index is -1.05. The Morgan fingerprint density at radius 3 is 2.75 bits per heavy atom. The van der Waals surface area contributed by atoms with E-state index in [-0.39, 0.29) is 5.57 Å². The van der Waals surface area contributed by atoms with Crippen molar-refractivity contribution in [2.45, 2.75) is 26.7 Å². The highest BCUT2D eigenvalue weighted by Gasteiger charge is 2.37. The number of aromatic nitrogens is 1. The number of allylic oxidation sites excluding steroid dienone is 1. The summed E-state index contributed by atoms with van der Waals surface area (Å²) < 4.78 is 11.2. The van der Waals surface area contributed by atoms with Crippen molar-refractivity contribution in [2.24, 2.45) is 0 Å². The number of nitrogens with zero attached hydrogens (tertiary/aromatic N) is 2. The molecule has 2 heterocycles. The van der Waals surface area contributed by atoms with Crippen LogP contribution in [0.25, 0.3) is 0 Å². The van der Waals surface area contributed by atoms with Crippen LogP contribution in [-0.4, -0.2) is 29.8 Å². The normalized spacial score (nSPS) is 15.3. The van der Waals surface area contributed by atoms with Crippen molar-refractivity contribution in [3.8, 4) is 17.7 Å². The first kappa shape index (κ1) is 19.2. The molecule has 7 nitrogen and oxygen atoms in total. The van der Waals surface area contributed by atoms with Gasteiger partial charge in [0.05, 0.1) is 48.1 Å². The Kier molecular flexibility index (Phi) is 5.23. The zero-order chi connectivity index (χ0) is 20.4. The van der Waals surface area contributed by atoms with E-state index in [1.165, 1.54) is 7.11 Å². The molecule has 1 aromatic carbocycles. The van der Waals surface area contributed by atoms with E-state index in [4.69, 9.17) is 9.47 Å². The lowest BCUT2D eigenvalue weighted by molar-refractivity contribution is -0.133. The van der Waals surface area contributed by atoms with Gasteiger partial charge in [-0.1, -0.05) is 6.07 Å². The Labute approximate surface area is 163 Å². The maximum Gasteiger partial charge on any atom is 0.334 e. The molecule has 0 bridgehead atoms. The number of hydrogen-bond acceptors (Lipinski definition) is 6. The first-order valence-corrected chi connectivity index (χ1v) is 8.84. The zero-order valence-corrected chi connectivity index (χ0v) is 16.2. The number of hydrogen-bond donors (Lipinski definition) is 2. The summed E-state index contributed by atoms with van der Waals surface area (Å²) in [5.41, 5.74) is 4.08. The monoisotopic (exact) mass is 383 g/mol. The highest BCUT2D eigenvalue weighted by atomic mass is 16.5. The molecular weight excluding hydrogens is 362 g/mol. The van der Waals surface area contributed by atoms with Gasteiger partial charge >= 0.3 is 5.97 Å². The van der Waals surface area contributed by atoms with Crippen LogP contribution in [0, 0.1) is 18.3 Å². The van der Waals surface area contributed by atoms with Crippen LogP contribution in [0.1, 0.15) is 42.0 Å².